The SMILES string of the molecule is CC(C)(NC(=O)N1CC2CCCC2C1C(=O)O)C1CC1. The number of likely N-dealkylation sites (tertiary alicyclic amines) is 1. The highest BCUT2D eigenvalue weighted by Gasteiger charge is 2.50. The molecule has 2 saturated carbocycles. The second-order valence-electron chi connectivity index (χ2n) is 7.22. The number of hydrogen-bond donors (Lipinski definition) is 2. The largest absolute Gasteiger partial charge is 0.480 e. The Labute approximate surface area is 119 Å². The molecule has 0 aromatic carbocycles. The number of amides is 2. The van der Waals surface area contributed by atoms with E-state index < -0.39 is 12.0 Å². The third-order valence-corrected chi connectivity index (χ3v) is 5.43. The normalized spacial score (nSPS) is 33.1. The van der Waals surface area contributed by atoms with Crippen LogP contribution in [0.4, 0.5) is 4.79 Å². The molecule has 1 heterocycles. The Morgan fingerprint density at radius 2 is 1.90 bits per heavy atom. The highest BCUT2D eigenvalue weighted by atomic mass is 16.4. The van der Waals surface area contributed by atoms with Crippen molar-refractivity contribution in [1.82, 2.24) is 10.2 Å². The van der Waals surface area contributed by atoms with Gasteiger partial charge in [0.15, 0.2) is 0 Å². The number of carboxylic acids is 1. The lowest BCUT2D eigenvalue weighted by Gasteiger charge is -2.31. The molecule has 3 atom stereocenters. The number of nitrogens with one attached hydrogen (secondary N) is 1. The summed E-state index contributed by atoms with van der Waals surface area (Å²) >= 11 is 0. The fourth-order valence-electron chi connectivity index (χ4n) is 4.09. The Hall–Kier alpha value is -1.26. The molecule has 0 aromatic rings. The van der Waals surface area contributed by atoms with E-state index in [1.165, 1.54) is 0 Å². The summed E-state index contributed by atoms with van der Waals surface area (Å²) in [5.41, 5.74) is -0.224. The van der Waals surface area contributed by atoms with E-state index in [-0.39, 0.29) is 17.5 Å². The molecule has 112 valence electrons. The monoisotopic (exact) mass is 280 g/mol. The fourth-order valence-corrected chi connectivity index (χ4v) is 4.09. The van der Waals surface area contributed by atoms with Gasteiger partial charge in [0, 0.05) is 12.1 Å². The number of nitrogens with zero attached hydrogens (tertiary/aromatic N) is 1. The first kappa shape index (κ1) is 13.7. The van der Waals surface area contributed by atoms with Crippen LogP contribution in [0.1, 0.15) is 46.0 Å². The first-order valence-electron chi connectivity index (χ1n) is 7.72. The third kappa shape index (κ3) is 2.27. The van der Waals surface area contributed by atoms with E-state index in [2.05, 4.69) is 5.32 Å². The molecule has 5 heteroatoms. The van der Waals surface area contributed by atoms with E-state index in [4.69, 9.17) is 0 Å². The molecule has 2 amide bonds. The molecule has 3 unspecified atom stereocenters. The number of aliphatic carboxylic acids is 1. The third-order valence-electron chi connectivity index (χ3n) is 5.43. The van der Waals surface area contributed by atoms with Gasteiger partial charge < -0.3 is 15.3 Å². The van der Waals surface area contributed by atoms with Crippen LogP contribution in [0.25, 0.3) is 0 Å². The summed E-state index contributed by atoms with van der Waals surface area (Å²) in [5, 5.41) is 12.5. The van der Waals surface area contributed by atoms with Crippen molar-refractivity contribution in [1.29, 1.82) is 0 Å². The quantitative estimate of drug-likeness (QED) is 0.831. The molecule has 3 fully saturated rings. The molecule has 2 aliphatic carbocycles. The molecule has 0 radical (unpaired) electrons. The Kier molecular flexibility index (Phi) is 3.18. The summed E-state index contributed by atoms with van der Waals surface area (Å²) < 4.78 is 0. The van der Waals surface area contributed by atoms with Crippen LogP contribution in [-0.4, -0.2) is 40.1 Å². The van der Waals surface area contributed by atoms with Gasteiger partial charge in [-0.2, -0.15) is 0 Å². The highest BCUT2D eigenvalue weighted by molar-refractivity contribution is 5.84. The minimum Gasteiger partial charge on any atom is -0.480 e. The van der Waals surface area contributed by atoms with Crippen molar-refractivity contribution >= 4 is 12.0 Å². The molecule has 3 rings (SSSR count). The minimum absolute atomic E-state index is 0.155. The van der Waals surface area contributed by atoms with Crippen molar-refractivity contribution in [2.24, 2.45) is 17.8 Å². The zero-order chi connectivity index (χ0) is 14.5. The maximum atomic E-state index is 12.5. The van der Waals surface area contributed by atoms with Gasteiger partial charge in [-0.25, -0.2) is 9.59 Å². The molecule has 1 aliphatic heterocycles. The molecule has 3 aliphatic rings. The maximum Gasteiger partial charge on any atom is 0.326 e. The van der Waals surface area contributed by atoms with Crippen LogP contribution in [0.3, 0.4) is 0 Å². The van der Waals surface area contributed by atoms with Gasteiger partial charge in [-0.3, -0.25) is 0 Å². The molecule has 2 N–H and O–H groups in total. The van der Waals surface area contributed by atoms with E-state index in [0.29, 0.717) is 18.4 Å². The van der Waals surface area contributed by atoms with E-state index in [9.17, 15) is 14.7 Å². The Bertz CT molecular complexity index is 431. The van der Waals surface area contributed by atoms with Gasteiger partial charge >= 0.3 is 12.0 Å². The van der Waals surface area contributed by atoms with Gasteiger partial charge in [0.2, 0.25) is 0 Å². The van der Waals surface area contributed by atoms with Crippen LogP contribution < -0.4 is 5.32 Å². The van der Waals surface area contributed by atoms with E-state index in [1.54, 1.807) is 4.90 Å². The number of urea groups is 1. The smallest absolute Gasteiger partial charge is 0.326 e. The average Bonchev–Trinajstić information content (AvgIpc) is 2.99. The zero-order valence-electron chi connectivity index (χ0n) is 12.3. The summed E-state index contributed by atoms with van der Waals surface area (Å²) in [4.78, 5) is 25.6. The molecule has 1 saturated heterocycles. The van der Waals surface area contributed by atoms with Crippen LogP contribution in [0.5, 0.6) is 0 Å². The Balaban J connectivity index is 1.71. The summed E-state index contributed by atoms with van der Waals surface area (Å²) in [6.07, 6.45) is 5.41. The highest BCUT2D eigenvalue weighted by Crippen LogP contribution is 2.43. The van der Waals surface area contributed by atoms with Gasteiger partial charge in [-0.1, -0.05) is 6.42 Å². The Morgan fingerprint density at radius 3 is 2.50 bits per heavy atom. The Morgan fingerprint density at radius 1 is 1.20 bits per heavy atom. The van der Waals surface area contributed by atoms with Gasteiger partial charge in [0.05, 0.1) is 0 Å². The number of carbonyl (C=O) groups is 2. The van der Waals surface area contributed by atoms with Crippen LogP contribution in [0.2, 0.25) is 0 Å². The number of carboxylic acid groups (broad SMARTS) is 1. The predicted octanol–water partition coefficient (Wildman–Crippen LogP) is 2.07. The predicted molar refractivity (Wildman–Crippen MR) is 74.3 cm³/mol. The van der Waals surface area contributed by atoms with E-state index in [1.807, 2.05) is 13.8 Å². The molecular formula is C15H24N2O3. The summed E-state index contributed by atoms with van der Waals surface area (Å²) in [5.74, 6) is 0.226. The molecule has 20 heavy (non-hydrogen) atoms. The summed E-state index contributed by atoms with van der Waals surface area (Å²) in [6, 6.07) is -0.818. The lowest BCUT2D eigenvalue weighted by molar-refractivity contribution is -0.142. The topological polar surface area (TPSA) is 69.6 Å². The number of hydrogen-bond acceptors (Lipinski definition) is 2. The molecule has 5 nitrogen and oxygen atoms in total. The molecule has 0 bridgehead atoms. The maximum absolute atomic E-state index is 12.5. The van der Waals surface area contributed by atoms with Gasteiger partial charge in [-0.15, -0.1) is 0 Å². The first-order chi connectivity index (χ1) is 9.40. The van der Waals surface area contributed by atoms with E-state index >= 15 is 0 Å². The second-order valence-corrected chi connectivity index (χ2v) is 7.22. The van der Waals surface area contributed by atoms with E-state index in [0.717, 1.165) is 32.1 Å². The van der Waals surface area contributed by atoms with Crippen LogP contribution in [0.15, 0.2) is 0 Å². The van der Waals surface area contributed by atoms with Crippen molar-refractivity contribution in [2.45, 2.75) is 57.5 Å². The first-order valence-corrected chi connectivity index (χ1v) is 7.72. The standard InChI is InChI=1S/C15H24N2O3/c1-15(2,10-6-7-10)16-14(20)17-8-9-4-3-5-11(9)12(17)13(18)19/h9-12H,3-8H2,1-2H3,(H,16,20)(H,18,19). The summed E-state index contributed by atoms with van der Waals surface area (Å²) in [6.45, 7) is 4.68. The van der Waals surface area contributed by atoms with Gasteiger partial charge in [0.25, 0.3) is 0 Å². The number of carbonyl (C=O) groups excluding carboxylic acids is 1. The lowest BCUT2D eigenvalue weighted by atomic mass is 9.94. The van der Waals surface area contributed by atoms with Crippen molar-refractivity contribution in [2.75, 3.05) is 6.54 Å². The van der Waals surface area contributed by atoms with Crippen molar-refractivity contribution in [3.63, 3.8) is 0 Å². The van der Waals surface area contributed by atoms with Crippen molar-refractivity contribution in [3.8, 4) is 0 Å². The lowest BCUT2D eigenvalue weighted by Crippen LogP contribution is -2.54. The van der Waals surface area contributed by atoms with Gasteiger partial charge in [0.1, 0.15) is 6.04 Å². The summed E-state index contributed by atoms with van der Waals surface area (Å²) in [7, 11) is 0. The molecular weight excluding hydrogens is 256 g/mol. The molecule has 0 aromatic heterocycles. The van der Waals surface area contributed by atoms with Crippen LogP contribution in [0, 0.1) is 17.8 Å². The average molecular weight is 280 g/mol. The zero-order valence-corrected chi connectivity index (χ0v) is 12.3. The van der Waals surface area contributed by atoms with Crippen molar-refractivity contribution < 1.29 is 14.7 Å². The molecule has 0 spiro atoms. The van der Waals surface area contributed by atoms with Crippen LogP contribution in [-0.2, 0) is 4.79 Å². The number of rotatable bonds is 3. The number of fused-ring (bicyclic) bond motifs is 1. The van der Waals surface area contributed by atoms with Crippen LogP contribution >= 0.6 is 0 Å². The second kappa shape index (κ2) is 4.64. The fraction of sp³-hybridized carbons (Fsp3) is 0.867. The van der Waals surface area contributed by atoms with Gasteiger partial charge in [-0.05, 0) is 57.3 Å². The minimum atomic E-state index is -0.848. The van der Waals surface area contributed by atoms with Crippen molar-refractivity contribution in [3.05, 3.63) is 0 Å².